The Hall–Kier alpha value is -4.70. The number of hydrogen-bond donors (Lipinski definition) is 2. The Balaban J connectivity index is 1.24. The predicted octanol–water partition coefficient (Wildman–Crippen LogP) is 10.8. The van der Waals surface area contributed by atoms with Crippen LogP contribution in [0.2, 0.25) is 0 Å². The first-order chi connectivity index (χ1) is 22.0. The topological polar surface area (TPSA) is 70.5 Å². The molecule has 0 aromatic heterocycles. The Morgan fingerprint density at radius 2 is 1.07 bits per heavy atom. The number of anilines is 2. The van der Waals surface area contributed by atoms with Crippen LogP contribution in [0.5, 0.6) is 23.0 Å². The van der Waals surface area contributed by atoms with Gasteiger partial charge in [-0.1, -0.05) is 68.3 Å². The van der Waals surface area contributed by atoms with E-state index < -0.39 is 0 Å². The van der Waals surface area contributed by atoms with Crippen molar-refractivity contribution < 1.29 is 9.47 Å². The first-order valence-electron chi connectivity index (χ1n) is 16.4. The highest BCUT2D eigenvalue weighted by Crippen LogP contribution is 2.49. The molecule has 0 amide bonds. The number of aryl methyl sites for hydroxylation is 1. The van der Waals surface area contributed by atoms with Crippen LogP contribution in [0.4, 0.5) is 11.4 Å². The first kappa shape index (κ1) is 30.3. The van der Waals surface area contributed by atoms with Crippen molar-refractivity contribution in [2.45, 2.75) is 69.6 Å². The second kappa shape index (κ2) is 13.9. The van der Waals surface area contributed by atoms with Gasteiger partial charge in [-0.3, -0.25) is 0 Å². The van der Waals surface area contributed by atoms with E-state index in [1.165, 1.54) is 47.9 Å². The third-order valence-electron chi connectivity index (χ3n) is 9.38. The largest absolute Gasteiger partial charge is 0.457 e. The van der Waals surface area contributed by atoms with Gasteiger partial charge in [0.25, 0.3) is 0 Å². The van der Waals surface area contributed by atoms with Gasteiger partial charge in [-0.25, -0.2) is 0 Å². The molecule has 0 atom stereocenters. The molecule has 0 radical (unpaired) electrons. The normalized spacial score (nSPS) is 14.6. The van der Waals surface area contributed by atoms with Gasteiger partial charge in [0.05, 0.1) is 0 Å². The smallest absolute Gasteiger partial charge is 0.127 e. The lowest BCUT2D eigenvalue weighted by atomic mass is 9.62. The summed E-state index contributed by atoms with van der Waals surface area (Å²) in [7, 11) is 0. The van der Waals surface area contributed by atoms with Crippen molar-refractivity contribution in [3.05, 3.63) is 144 Å². The molecule has 5 aromatic carbocycles. The molecule has 4 nitrogen and oxygen atoms in total. The van der Waals surface area contributed by atoms with Gasteiger partial charge >= 0.3 is 0 Å². The molecule has 1 aliphatic carbocycles. The van der Waals surface area contributed by atoms with Crippen molar-refractivity contribution >= 4 is 11.4 Å². The van der Waals surface area contributed by atoms with Gasteiger partial charge in [0, 0.05) is 16.8 Å². The second-order valence-electron chi connectivity index (χ2n) is 12.4. The van der Waals surface area contributed by atoms with Crippen molar-refractivity contribution in [1.29, 1.82) is 0 Å². The average molecular weight is 597 g/mol. The van der Waals surface area contributed by atoms with Crippen LogP contribution in [-0.2, 0) is 11.8 Å². The summed E-state index contributed by atoms with van der Waals surface area (Å²) < 4.78 is 12.3. The van der Waals surface area contributed by atoms with E-state index in [2.05, 4.69) is 79.7 Å². The van der Waals surface area contributed by atoms with E-state index in [1.54, 1.807) is 0 Å². The lowest BCUT2D eigenvalue weighted by Gasteiger charge is -2.42. The number of unbranched alkanes of at least 4 members (excludes halogenated alkanes) is 2. The Kier molecular flexibility index (Phi) is 9.40. The quantitative estimate of drug-likeness (QED) is 0.118. The summed E-state index contributed by atoms with van der Waals surface area (Å²) in [5.41, 5.74) is 18.7. The molecule has 0 heterocycles. The molecule has 6 rings (SSSR count). The molecule has 45 heavy (non-hydrogen) atoms. The minimum absolute atomic E-state index is 0.0886. The van der Waals surface area contributed by atoms with E-state index >= 15 is 0 Å². The summed E-state index contributed by atoms with van der Waals surface area (Å²) in [6.45, 7) is 2.27. The van der Waals surface area contributed by atoms with Crippen molar-refractivity contribution in [2.75, 3.05) is 11.5 Å². The van der Waals surface area contributed by atoms with Crippen LogP contribution in [-0.4, -0.2) is 0 Å². The molecule has 0 spiro atoms. The molecule has 0 unspecified atom stereocenters. The molecular weight excluding hydrogens is 552 g/mol. The number of ether oxygens (including phenoxy) is 2. The summed E-state index contributed by atoms with van der Waals surface area (Å²) in [6, 6.07) is 41.8. The van der Waals surface area contributed by atoms with E-state index in [0.29, 0.717) is 5.92 Å². The van der Waals surface area contributed by atoms with Gasteiger partial charge in [-0.05, 0) is 139 Å². The number of nitrogens with two attached hydrogens (primary N) is 2. The zero-order chi connectivity index (χ0) is 31.1. The zero-order valence-corrected chi connectivity index (χ0v) is 26.3. The van der Waals surface area contributed by atoms with Crippen LogP contribution in [0.1, 0.15) is 80.0 Å². The standard InChI is InChI=1S/C41H44N2O2/c1-2-3-4-6-30-7-5-8-32(29-30)31-25-27-41(28-26-31,33-9-17-37(18-10-33)44-39-21-13-35(42)14-22-39)34-11-19-38(20-12-34)45-40-23-15-36(43)16-24-40/h5,7-24,29,31H,2-4,6,25-28,42-43H2,1H3. The zero-order valence-electron chi connectivity index (χ0n) is 26.3. The fraction of sp³-hybridized carbons (Fsp3) is 0.268. The van der Waals surface area contributed by atoms with Crippen molar-refractivity contribution in [3.8, 4) is 23.0 Å². The summed E-state index contributed by atoms with van der Waals surface area (Å²) in [6.07, 6.45) is 9.44. The summed E-state index contributed by atoms with van der Waals surface area (Å²) in [5, 5.41) is 0. The Labute approximate surface area is 268 Å². The molecule has 0 saturated heterocycles. The van der Waals surface area contributed by atoms with Crippen LogP contribution >= 0.6 is 0 Å². The molecule has 1 aliphatic rings. The second-order valence-corrected chi connectivity index (χ2v) is 12.4. The molecule has 1 saturated carbocycles. The molecule has 0 bridgehead atoms. The number of benzene rings is 5. The maximum Gasteiger partial charge on any atom is 0.127 e. The highest BCUT2D eigenvalue weighted by molar-refractivity contribution is 5.48. The van der Waals surface area contributed by atoms with Gasteiger partial charge in [-0.15, -0.1) is 0 Å². The van der Waals surface area contributed by atoms with E-state index in [-0.39, 0.29) is 5.41 Å². The predicted molar refractivity (Wildman–Crippen MR) is 186 cm³/mol. The Morgan fingerprint density at radius 1 is 0.600 bits per heavy atom. The maximum atomic E-state index is 6.14. The highest BCUT2D eigenvalue weighted by atomic mass is 16.5. The maximum absolute atomic E-state index is 6.14. The highest BCUT2D eigenvalue weighted by Gasteiger charge is 2.39. The van der Waals surface area contributed by atoms with E-state index in [9.17, 15) is 0 Å². The van der Waals surface area contributed by atoms with Gasteiger partial charge < -0.3 is 20.9 Å². The lowest BCUT2D eigenvalue weighted by molar-refractivity contribution is 0.314. The average Bonchev–Trinajstić information content (AvgIpc) is 3.08. The molecular formula is C41H44N2O2. The summed E-state index contributed by atoms with van der Waals surface area (Å²) in [4.78, 5) is 0. The Morgan fingerprint density at radius 3 is 1.53 bits per heavy atom. The van der Waals surface area contributed by atoms with E-state index in [4.69, 9.17) is 20.9 Å². The van der Waals surface area contributed by atoms with Gasteiger partial charge in [0.2, 0.25) is 0 Å². The van der Waals surface area contributed by atoms with E-state index in [1.807, 2.05) is 48.5 Å². The molecule has 1 fully saturated rings. The summed E-state index contributed by atoms with van der Waals surface area (Å²) >= 11 is 0. The Bertz CT molecular complexity index is 1560. The van der Waals surface area contributed by atoms with Gasteiger partial charge in [-0.2, -0.15) is 0 Å². The molecule has 5 aromatic rings. The fourth-order valence-corrected chi connectivity index (χ4v) is 6.80. The first-order valence-corrected chi connectivity index (χ1v) is 16.4. The molecule has 4 N–H and O–H groups in total. The number of rotatable bonds is 11. The molecule has 230 valence electrons. The van der Waals surface area contributed by atoms with Crippen molar-refractivity contribution in [3.63, 3.8) is 0 Å². The monoisotopic (exact) mass is 596 g/mol. The van der Waals surface area contributed by atoms with Crippen molar-refractivity contribution in [2.24, 2.45) is 0 Å². The van der Waals surface area contributed by atoms with E-state index in [0.717, 1.165) is 60.1 Å². The fourth-order valence-electron chi connectivity index (χ4n) is 6.80. The minimum atomic E-state index is -0.0886. The third kappa shape index (κ3) is 7.34. The summed E-state index contributed by atoms with van der Waals surface area (Å²) in [5.74, 6) is 3.77. The van der Waals surface area contributed by atoms with Crippen LogP contribution < -0.4 is 20.9 Å². The van der Waals surface area contributed by atoms with Gasteiger partial charge in [0.1, 0.15) is 23.0 Å². The van der Waals surface area contributed by atoms with Crippen LogP contribution in [0.3, 0.4) is 0 Å². The minimum Gasteiger partial charge on any atom is -0.457 e. The lowest BCUT2D eigenvalue weighted by Crippen LogP contribution is -2.32. The van der Waals surface area contributed by atoms with Crippen LogP contribution in [0.25, 0.3) is 0 Å². The van der Waals surface area contributed by atoms with Crippen LogP contribution in [0, 0.1) is 0 Å². The van der Waals surface area contributed by atoms with Gasteiger partial charge in [0.15, 0.2) is 0 Å². The third-order valence-corrected chi connectivity index (χ3v) is 9.38. The van der Waals surface area contributed by atoms with Crippen molar-refractivity contribution in [1.82, 2.24) is 0 Å². The number of nitrogen functional groups attached to an aromatic ring is 2. The molecule has 4 heteroatoms. The molecule has 0 aliphatic heterocycles. The SMILES string of the molecule is CCCCCc1cccc(C2CCC(c3ccc(Oc4ccc(N)cc4)cc3)(c3ccc(Oc4ccc(N)cc4)cc3)CC2)c1. The number of hydrogen-bond acceptors (Lipinski definition) is 4. The van der Waals surface area contributed by atoms with Crippen LogP contribution in [0.15, 0.2) is 121 Å².